The molecule has 0 bridgehead atoms. The standard InChI is InChI=1S/C17H22N4O2S/c1-13-12-24-17(18-13)20-16(22)19-15(14-5-3-2-4-6-14)11-21-7-9-23-10-8-21/h2-6,12,15H,7-11H2,1H3,(H2,18,19,20,22). The van der Waals surface area contributed by atoms with Gasteiger partial charge in [0.25, 0.3) is 0 Å². The van der Waals surface area contributed by atoms with Crippen LogP contribution in [0.4, 0.5) is 9.93 Å². The molecule has 0 radical (unpaired) electrons. The van der Waals surface area contributed by atoms with Crippen LogP contribution in [0, 0.1) is 6.92 Å². The van der Waals surface area contributed by atoms with E-state index < -0.39 is 0 Å². The third-order valence-electron chi connectivity index (χ3n) is 3.89. The van der Waals surface area contributed by atoms with Crippen LogP contribution in [0.3, 0.4) is 0 Å². The van der Waals surface area contributed by atoms with Crippen LogP contribution in [0.15, 0.2) is 35.7 Å². The van der Waals surface area contributed by atoms with Gasteiger partial charge < -0.3 is 10.1 Å². The maximum atomic E-state index is 12.3. The summed E-state index contributed by atoms with van der Waals surface area (Å²) in [5.41, 5.74) is 2.00. The molecule has 24 heavy (non-hydrogen) atoms. The average molecular weight is 346 g/mol. The highest BCUT2D eigenvalue weighted by atomic mass is 32.1. The minimum atomic E-state index is -0.230. The van der Waals surface area contributed by atoms with Crippen molar-refractivity contribution in [3.63, 3.8) is 0 Å². The predicted molar refractivity (Wildman–Crippen MR) is 95.4 cm³/mol. The molecule has 2 aromatic rings. The summed E-state index contributed by atoms with van der Waals surface area (Å²) in [5.74, 6) is 0. The smallest absolute Gasteiger partial charge is 0.321 e. The number of morpholine rings is 1. The maximum Gasteiger partial charge on any atom is 0.321 e. The molecule has 7 heteroatoms. The Hall–Kier alpha value is -1.96. The highest BCUT2D eigenvalue weighted by Crippen LogP contribution is 2.17. The molecule has 1 aromatic heterocycles. The van der Waals surface area contributed by atoms with Crippen molar-refractivity contribution in [3.8, 4) is 0 Å². The topological polar surface area (TPSA) is 66.5 Å². The number of hydrogen-bond donors (Lipinski definition) is 2. The predicted octanol–water partition coefficient (Wildman–Crippen LogP) is 2.65. The van der Waals surface area contributed by atoms with Gasteiger partial charge in [0.1, 0.15) is 0 Å². The minimum Gasteiger partial charge on any atom is -0.379 e. The van der Waals surface area contributed by atoms with Crippen molar-refractivity contribution in [1.29, 1.82) is 0 Å². The van der Waals surface area contributed by atoms with Gasteiger partial charge in [0.2, 0.25) is 0 Å². The normalized spacial score (nSPS) is 16.5. The molecule has 1 unspecified atom stereocenters. The first-order valence-electron chi connectivity index (χ1n) is 8.05. The first kappa shape index (κ1) is 16.9. The Bertz CT molecular complexity index is 656. The average Bonchev–Trinajstić information content (AvgIpc) is 3.01. The zero-order valence-electron chi connectivity index (χ0n) is 13.7. The third-order valence-corrected chi connectivity index (χ3v) is 4.77. The van der Waals surface area contributed by atoms with Crippen LogP contribution >= 0.6 is 11.3 Å². The fourth-order valence-corrected chi connectivity index (χ4v) is 3.35. The lowest BCUT2D eigenvalue weighted by atomic mass is 10.1. The third kappa shape index (κ3) is 4.77. The first-order valence-corrected chi connectivity index (χ1v) is 8.93. The van der Waals surface area contributed by atoms with Crippen molar-refractivity contribution < 1.29 is 9.53 Å². The Morgan fingerprint density at radius 2 is 2.08 bits per heavy atom. The highest BCUT2D eigenvalue weighted by molar-refractivity contribution is 7.13. The van der Waals surface area contributed by atoms with Crippen LogP contribution in [0.2, 0.25) is 0 Å². The monoisotopic (exact) mass is 346 g/mol. The number of rotatable bonds is 5. The number of aromatic nitrogens is 1. The number of carbonyl (C=O) groups is 1. The fourth-order valence-electron chi connectivity index (χ4n) is 2.66. The lowest BCUT2D eigenvalue weighted by molar-refractivity contribution is 0.0340. The molecule has 3 rings (SSSR count). The Kier molecular flexibility index (Phi) is 5.79. The lowest BCUT2D eigenvalue weighted by Gasteiger charge is -2.31. The second kappa shape index (κ2) is 8.23. The van der Waals surface area contributed by atoms with E-state index in [9.17, 15) is 4.79 Å². The van der Waals surface area contributed by atoms with Gasteiger partial charge >= 0.3 is 6.03 Å². The number of nitrogens with one attached hydrogen (secondary N) is 2. The van der Waals surface area contributed by atoms with E-state index in [1.54, 1.807) is 0 Å². The summed E-state index contributed by atoms with van der Waals surface area (Å²) in [6, 6.07) is 9.74. The van der Waals surface area contributed by atoms with Crippen molar-refractivity contribution in [2.24, 2.45) is 0 Å². The summed E-state index contributed by atoms with van der Waals surface area (Å²) < 4.78 is 5.40. The van der Waals surface area contributed by atoms with Gasteiger partial charge in [-0.3, -0.25) is 10.2 Å². The molecule has 0 spiro atoms. The van der Waals surface area contributed by atoms with Crippen molar-refractivity contribution in [2.45, 2.75) is 13.0 Å². The number of hydrogen-bond acceptors (Lipinski definition) is 5. The zero-order chi connectivity index (χ0) is 16.8. The summed E-state index contributed by atoms with van der Waals surface area (Å²) in [5, 5.41) is 8.42. The van der Waals surface area contributed by atoms with Crippen molar-refractivity contribution in [1.82, 2.24) is 15.2 Å². The number of carbonyl (C=O) groups excluding carboxylic acids is 1. The van der Waals surface area contributed by atoms with E-state index >= 15 is 0 Å². The summed E-state index contributed by atoms with van der Waals surface area (Å²) in [6.45, 7) is 5.93. The molecule has 6 nitrogen and oxygen atoms in total. The van der Waals surface area contributed by atoms with Crippen LogP contribution < -0.4 is 10.6 Å². The molecule has 2 N–H and O–H groups in total. The van der Waals surface area contributed by atoms with E-state index in [1.165, 1.54) is 11.3 Å². The first-order chi connectivity index (χ1) is 11.7. The summed E-state index contributed by atoms with van der Waals surface area (Å²) >= 11 is 1.43. The number of nitrogens with zero attached hydrogens (tertiary/aromatic N) is 2. The van der Waals surface area contributed by atoms with E-state index in [4.69, 9.17) is 4.74 Å². The van der Waals surface area contributed by atoms with Gasteiger partial charge in [-0.05, 0) is 12.5 Å². The van der Waals surface area contributed by atoms with E-state index in [0.29, 0.717) is 5.13 Å². The van der Waals surface area contributed by atoms with Gasteiger partial charge in [0, 0.05) is 25.0 Å². The fraction of sp³-hybridized carbons (Fsp3) is 0.412. The number of amides is 2. The van der Waals surface area contributed by atoms with Crippen LogP contribution in [0.5, 0.6) is 0 Å². The van der Waals surface area contributed by atoms with Crippen LogP contribution in [-0.4, -0.2) is 48.8 Å². The minimum absolute atomic E-state index is 0.0784. The van der Waals surface area contributed by atoms with Gasteiger partial charge in [0.05, 0.1) is 24.9 Å². The van der Waals surface area contributed by atoms with Crippen molar-refractivity contribution >= 4 is 22.5 Å². The molecule has 1 saturated heterocycles. The maximum absolute atomic E-state index is 12.3. The molecular weight excluding hydrogens is 324 g/mol. The van der Waals surface area contributed by atoms with E-state index in [-0.39, 0.29) is 12.1 Å². The molecule has 2 heterocycles. The number of anilines is 1. The Labute approximate surface area is 145 Å². The van der Waals surface area contributed by atoms with Crippen LogP contribution in [0.25, 0.3) is 0 Å². The van der Waals surface area contributed by atoms with E-state index in [1.807, 2.05) is 42.6 Å². The van der Waals surface area contributed by atoms with Crippen LogP contribution in [-0.2, 0) is 4.74 Å². The molecule has 1 atom stereocenters. The van der Waals surface area contributed by atoms with Gasteiger partial charge in [0.15, 0.2) is 5.13 Å². The number of thiazole rings is 1. The van der Waals surface area contributed by atoms with Crippen molar-refractivity contribution in [3.05, 3.63) is 47.0 Å². The molecular formula is C17H22N4O2S. The van der Waals surface area contributed by atoms with Gasteiger partial charge in [-0.15, -0.1) is 11.3 Å². The molecule has 0 saturated carbocycles. The quantitative estimate of drug-likeness (QED) is 0.873. The number of benzene rings is 1. The second-order valence-electron chi connectivity index (χ2n) is 5.77. The molecule has 1 aromatic carbocycles. The number of ether oxygens (including phenoxy) is 1. The number of aryl methyl sites for hydroxylation is 1. The molecule has 1 aliphatic heterocycles. The van der Waals surface area contributed by atoms with Crippen LogP contribution in [0.1, 0.15) is 17.3 Å². The lowest BCUT2D eigenvalue weighted by Crippen LogP contribution is -2.44. The van der Waals surface area contributed by atoms with E-state index in [2.05, 4.69) is 20.5 Å². The van der Waals surface area contributed by atoms with Gasteiger partial charge in [-0.25, -0.2) is 9.78 Å². The highest BCUT2D eigenvalue weighted by Gasteiger charge is 2.20. The van der Waals surface area contributed by atoms with E-state index in [0.717, 1.165) is 44.1 Å². The van der Waals surface area contributed by atoms with Gasteiger partial charge in [-0.2, -0.15) is 0 Å². The molecule has 1 aliphatic rings. The number of urea groups is 1. The van der Waals surface area contributed by atoms with Crippen molar-refractivity contribution in [2.75, 3.05) is 38.2 Å². The molecule has 1 fully saturated rings. The largest absolute Gasteiger partial charge is 0.379 e. The summed E-state index contributed by atoms with van der Waals surface area (Å²) in [6.07, 6.45) is 0. The molecule has 0 aliphatic carbocycles. The van der Waals surface area contributed by atoms with Gasteiger partial charge in [-0.1, -0.05) is 30.3 Å². The Morgan fingerprint density at radius 1 is 1.33 bits per heavy atom. The molecule has 2 amide bonds. The summed E-state index contributed by atoms with van der Waals surface area (Å²) in [4.78, 5) is 18.9. The zero-order valence-corrected chi connectivity index (χ0v) is 14.5. The molecule has 128 valence electrons. The SMILES string of the molecule is Cc1csc(NC(=O)NC(CN2CCOCC2)c2ccccc2)n1. The Morgan fingerprint density at radius 3 is 2.75 bits per heavy atom. The Balaban J connectivity index is 1.65. The second-order valence-corrected chi connectivity index (χ2v) is 6.63. The summed E-state index contributed by atoms with van der Waals surface area (Å²) in [7, 11) is 0.